The molecule has 0 aromatic rings. The summed E-state index contributed by atoms with van der Waals surface area (Å²) >= 11 is 0. The van der Waals surface area contributed by atoms with Crippen LogP contribution in [0.15, 0.2) is 0 Å². The predicted octanol–water partition coefficient (Wildman–Crippen LogP) is 1.73. The van der Waals surface area contributed by atoms with E-state index < -0.39 is 73.0 Å². The van der Waals surface area contributed by atoms with E-state index >= 15 is 0 Å². The number of halogens is 6. The Hall–Kier alpha value is -1.56. The molecule has 0 bridgehead atoms. The molecule has 0 unspecified atom stereocenters. The van der Waals surface area contributed by atoms with Gasteiger partial charge in [-0.05, 0) is 25.7 Å². The highest BCUT2D eigenvalue weighted by molar-refractivity contribution is 5.74. The fourth-order valence-electron chi connectivity index (χ4n) is 2.64. The monoisotopic (exact) mass is 396 g/mol. The molecule has 0 aliphatic heterocycles. The van der Waals surface area contributed by atoms with E-state index in [2.05, 4.69) is 9.47 Å². The van der Waals surface area contributed by atoms with Crippen LogP contribution in [0.4, 0.5) is 26.3 Å². The molecule has 0 amide bonds. The molecule has 2 aliphatic rings. The molecule has 2 fully saturated rings. The van der Waals surface area contributed by atoms with Gasteiger partial charge >= 0.3 is 24.3 Å². The smallest absolute Gasteiger partial charge is 0.417 e. The molecule has 0 aromatic heterocycles. The molecule has 12 heteroatoms. The number of methoxy groups -OCH3 is 2. The highest BCUT2D eigenvalue weighted by Crippen LogP contribution is 2.49. The summed E-state index contributed by atoms with van der Waals surface area (Å²) in [6, 6.07) is 0. The second-order valence-corrected chi connectivity index (χ2v) is 6.32. The van der Waals surface area contributed by atoms with Crippen molar-refractivity contribution in [3.63, 3.8) is 0 Å². The molecule has 26 heavy (non-hydrogen) atoms. The SMILES string of the molecule is COC(=O)C1CC(O)(C(F)(F)F)C1.COC(=O)C1CC(O)(C(F)(F)F)C1. The lowest BCUT2D eigenvalue weighted by Gasteiger charge is -2.42. The van der Waals surface area contributed by atoms with Crippen LogP contribution in [0, 0.1) is 11.8 Å². The quantitative estimate of drug-likeness (QED) is 0.546. The van der Waals surface area contributed by atoms with Crippen LogP contribution in [-0.2, 0) is 19.1 Å². The van der Waals surface area contributed by atoms with Crippen LogP contribution >= 0.6 is 0 Å². The zero-order chi connectivity index (χ0) is 20.6. The normalized spacial score (nSPS) is 33.8. The van der Waals surface area contributed by atoms with Crippen LogP contribution in [-0.4, -0.2) is 59.9 Å². The average molecular weight is 396 g/mol. The first-order valence-electron chi connectivity index (χ1n) is 7.34. The summed E-state index contributed by atoms with van der Waals surface area (Å²) in [6.07, 6.45) is -11.7. The minimum absolute atomic E-state index is 0.594. The van der Waals surface area contributed by atoms with Crippen molar-refractivity contribution in [2.24, 2.45) is 11.8 Å². The van der Waals surface area contributed by atoms with E-state index in [-0.39, 0.29) is 0 Å². The molecule has 2 saturated carbocycles. The van der Waals surface area contributed by atoms with Crippen LogP contribution in [0.25, 0.3) is 0 Å². The van der Waals surface area contributed by atoms with Gasteiger partial charge in [-0.1, -0.05) is 0 Å². The molecule has 2 N–H and O–H groups in total. The van der Waals surface area contributed by atoms with Gasteiger partial charge < -0.3 is 19.7 Å². The van der Waals surface area contributed by atoms with E-state index in [4.69, 9.17) is 10.2 Å². The molecule has 0 heterocycles. The minimum atomic E-state index is -4.66. The van der Waals surface area contributed by atoms with Crippen molar-refractivity contribution >= 4 is 11.9 Å². The van der Waals surface area contributed by atoms with Gasteiger partial charge in [0.05, 0.1) is 26.1 Å². The zero-order valence-electron chi connectivity index (χ0n) is 13.8. The standard InChI is InChI=1S/2C7H9F3O3/c2*1-13-5(11)4-2-6(12,3-4)7(8,9)10/h2*4,12H,2-3H2,1H3. The maximum absolute atomic E-state index is 12.0. The number of rotatable bonds is 2. The first kappa shape index (κ1) is 22.5. The molecule has 2 rings (SSSR count). The Morgan fingerprint density at radius 2 is 1.00 bits per heavy atom. The molecule has 152 valence electrons. The largest absolute Gasteiger partial charge is 0.469 e. The Morgan fingerprint density at radius 3 is 1.15 bits per heavy atom. The lowest BCUT2D eigenvalue weighted by atomic mass is 9.70. The summed E-state index contributed by atoms with van der Waals surface area (Å²) in [4.78, 5) is 21.4. The van der Waals surface area contributed by atoms with Crippen LogP contribution in [0.3, 0.4) is 0 Å². The number of aliphatic hydroxyl groups is 2. The van der Waals surface area contributed by atoms with Gasteiger partial charge in [0.15, 0.2) is 11.2 Å². The fraction of sp³-hybridized carbons (Fsp3) is 0.857. The summed E-state index contributed by atoms with van der Waals surface area (Å²) in [5.41, 5.74) is -5.38. The van der Waals surface area contributed by atoms with Gasteiger partial charge in [-0.25, -0.2) is 0 Å². The Morgan fingerprint density at radius 1 is 0.769 bits per heavy atom. The first-order valence-corrected chi connectivity index (χ1v) is 7.34. The number of hydrogen-bond donors (Lipinski definition) is 2. The Kier molecular flexibility index (Phi) is 6.24. The van der Waals surface area contributed by atoms with Crippen molar-refractivity contribution in [3.05, 3.63) is 0 Å². The maximum Gasteiger partial charge on any atom is 0.417 e. The van der Waals surface area contributed by atoms with E-state index in [1.54, 1.807) is 0 Å². The summed E-state index contributed by atoms with van der Waals surface area (Å²) in [7, 11) is 2.21. The average Bonchev–Trinajstić information content (AvgIpc) is 2.45. The topological polar surface area (TPSA) is 93.1 Å². The number of esters is 2. The number of ether oxygens (including phenoxy) is 2. The molecule has 6 nitrogen and oxygen atoms in total. The van der Waals surface area contributed by atoms with Gasteiger partial charge in [-0.2, -0.15) is 26.3 Å². The van der Waals surface area contributed by atoms with E-state index in [0.29, 0.717) is 0 Å². The number of carbonyl (C=O) groups is 2. The summed E-state index contributed by atoms with van der Waals surface area (Å²) < 4.78 is 80.6. The highest BCUT2D eigenvalue weighted by Gasteiger charge is 2.63. The van der Waals surface area contributed by atoms with Crippen molar-refractivity contribution < 1.29 is 55.6 Å². The Balaban J connectivity index is 0.000000260. The molecule has 0 saturated heterocycles. The van der Waals surface area contributed by atoms with Crippen LogP contribution in [0.1, 0.15) is 25.7 Å². The van der Waals surface area contributed by atoms with Crippen LogP contribution < -0.4 is 0 Å². The molecular weight excluding hydrogens is 378 g/mol. The van der Waals surface area contributed by atoms with E-state index in [0.717, 1.165) is 14.2 Å². The number of carbonyl (C=O) groups excluding carboxylic acids is 2. The summed E-state index contributed by atoms with van der Waals surface area (Å²) in [5, 5.41) is 17.9. The number of alkyl halides is 6. The summed E-state index contributed by atoms with van der Waals surface area (Å²) in [5.74, 6) is -3.05. The second kappa shape index (κ2) is 7.22. The molecular formula is C14H18F6O6. The Bertz CT molecular complexity index is 483. The van der Waals surface area contributed by atoms with Gasteiger partial charge in [0.2, 0.25) is 0 Å². The molecule has 0 radical (unpaired) electrons. The van der Waals surface area contributed by atoms with Gasteiger partial charge in [-0.3, -0.25) is 9.59 Å². The molecule has 2 aliphatic carbocycles. The fourth-order valence-corrected chi connectivity index (χ4v) is 2.64. The zero-order valence-corrected chi connectivity index (χ0v) is 13.8. The van der Waals surface area contributed by atoms with Crippen molar-refractivity contribution in [2.45, 2.75) is 49.2 Å². The van der Waals surface area contributed by atoms with Gasteiger partial charge in [0.25, 0.3) is 0 Å². The Labute approximate surface area is 144 Å². The molecule has 0 atom stereocenters. The van der Waals surface area contributed by atoms with Gasteiger partial charge in [0, 0.05) is 0 Å². The third-order valence-corrected chi connectivity index (χ3v) is 4.46. The maximum atomic E-state index is 12.0. The van der Waals surface area contributed by atoms with Crippen LogP contribution in [0.2, 0.25) is 0 Å². The minimum Gasteiger partial charge on any atom is -0.469 e. The van der Waals surface area contributed by atoms with Crippen molar-refractivity contribution in [1.82, 2.24) is 0 Å². The summed E-state index contributed by atoms with van der Waals surface area (Å²) in [6.45, 7) is 0. The lowest BCUT2D eigenvalue weighted by Crippen LogP contribution is -2.57. The third-order valence-electron chi connectivity index (χ3n) is 4.46. The lowest BCUT2D eigenvalue weighted by molar-refractivity contribution is -0.297. The second-order valence-electron chi connectivity index (χ2n) is 6.32. The van der Waals surface area contributed by atoms with E-state index in [9.17, 15) is 35.9 Å². The molecule has 0 spiro atoms. The van der Waals surface area contributed by atoms with Gasteiger partial charge in [-0.15, -0.1) is 0 Å². The van der Waals surface area contributed by atoms with Crippen molar-refractivity contribution in [2.75, 3.05) is 14.2 Å². The third kappa shape index (κ3) is 4.40. The van der Waals surface area contributed by atoms with Gasteiger partial charge in [0.1, 0.15) is 0 Å². The van der Waals surface area contributed by atoms with Crippen molar-refractivity contribution in [3.8, 4) is 0 Å². The van der Waals surface area contributed by atoms with Crippen molar-refractivity contribution in [1.29, 1.82) is 0 Å². The first-order chi connectivity index (χ1) is 11.6. The van der Waals surface area contributed by atoms with E-state index in [1.165, 1.54) is 0 Å². The molecule has 0 aromatic carbocycles. The number of hydrogen-bond acceptors (Lipinski definition) is 6. The van der Waals surface area contributed by atoms with E-state index in [1.807, 2.05) is 0 Å². The van der Waals surface area contributed by atoms with Crippen LogP contribution in [0.5, 0.6) is 0 Å². The predicted molar refractivity (Wildman–Crippen MR) is 71.5 cm³/mol. The highest BCUT2D eigenvalue weighted by atomic mass is 19.4.